The Morgan fingerprint density at radius 2 is 1.62 bits per heavy atom. The van der Waals surface area contributed by atoms with Crippen molar-refractivity contribution >= 4 is 31.9 Å². The summed E-state index contributed by atoms with van der Waals surface area (Å²) in [5.41, 5.74) is -1.08. The first-order chi connectivity index (χ1) is 7.21. The zero-order chi connectivity index (χ0) is 12.5. The predicted octanol–water partition coefficient (Wildman–Crippen LogP) is 4.83. The topological polar surface area (TPSA) is 9.23 Å². The van der Waals surface area contributed by atoms with Gasteiger partial charge in [-0.2, -0.15) is 22.0 Å². The first-order valence-electron chi connectivity index (χ1n) is 3.73. The standard InChI is InChI=1S/C8H3Br2F5O/c9-4-2-5(10)6(16-7(11)12)1-3(4)8(13,14)15/h1-2,7H. The molecule has 0 bridgehead atoms. The molecule has 0 atom stereocenters. The van der Waals surface area contributed by atoms with Gasteiger partial charge in [-0.1, -0.05) is 15.9 Å². The Balaban J connectivity index is 3.22. The van der Waals surface area contributed by atoms with Crippen molar-refractivity contribution in [3.63, 3.8) is 0 Å². The molecule has 1 aromatic carbocycles. The number of benzene rings is 1. The molecule has 0 fully saturated rings. The van der Waals surface area contributed by atoms with Gasteiger partial charge in [0, 0.05) is 4.47 Å². The Labute approximate surface area is 104 Å². The molecule has 8 heteroatoms. The minimum absolute atomic E-state index is 0.00711. The van der Waals surface area contributed by atoms with Crippen LogP contribution in [0.1, 0.15) is 5.56 Å². The fourth-order valence-electron chi connectivity index (χ4n) is 0.933. The average molecular weight is 370 g/mol. The lowest BCUT2D eigenvalue weighted by Crippen LogP contribution is -2.08. The maximum Gasteiger partial charge on any atom is 0.417 e. The molecule has 0 saturated heterocycles. The molecular formula is C8H3Br2F5O. The van der Waals surface area contributed by atoms with Gasteiger partial charge in [0.15, 0.2) is 0 Å². The molecule has 0 aliphatic heterocycles. The van der Waals surface area contributed by atoms with Crippen molar-refractivity contribution in [2.45, 2.75) is 12.8 Å². The van der Waals surface area contributed by atoms with Crippen molar-refractivity contribution in [3.05, 3.63) is 26.6 Å². The lowest BCUT2D eigenvalue weighted by molar-refractivity contribution is -0.138. The Kier molecular flexibility index (Phi) is 4.17. The molecule has 0 saturated carbocycles. The van der Waals surface area contributed by atoms with Crippen LogP contribution in [0.2, 0.25) is 0 Å². The number of halogens is 7. The fourth-order valence-corrected chi connectivity index (χ4v) is 2.24. The highest BCUT2D eigenvalue weighted by molar-refractivity contribution is 9.11. The number of alkyl halides is 5. The molecule has 1 nitrogen and oxygen atoms in total. The van der Waals surface area contributed by atoms with E-state index >= 15 is 0 Å². The molecule has 0 heterocycles. The van der Waals surface area contributed by atoms with E-state index in [-0.39, 0.29) is 8.95 Å². The summed E-state index contributed by atoms with van der Waals surface area (Å²) in [7, 11) is 0. The Hall–Kier alpha value is -0.370. The van der Waals surface area contributed by atoms with Crippen LogP contribution in [0.15, 0.2) is 21.1 Å². The first-order valence-corrected chi connectivity index (χ1v) is 5.31. The largest absolute Gasteiger partial charge is 0.434 e. The maximum absolute atomic E-state index is 12.4. The second kappa shape index (κ2) is 4.87. The second-order valence-electron chi connectivity index (χ2n) is 2.64. The normalized spacial score (nSPS) is 12.0. The number of hydrogen-bond donors (Lipinski definition) is 0. The summed E-state index contributed by atoms with van der Waals surface area (Å²) in [5.74, 6) is -0.564. The molecule has 90 valence electrons. The molecule has 1 aromatic rings. The number of rotatable bonds is 2. The highest BCUT2D eigenvalue weighted by Crippen LogP contribution is 2.40. The summed E-state index contributed by atoms with van der Waals surface area (Å²) in [6.45, 7) is -3.18. The monoisotopic (exact) mass is 368 g/mol. The van der Waals surface area contributed by atoms with E-state index in [9.17, 15) is 22.0 Å². The van der Waals surface area contributed by atoms with E-state index in [2.05, 4.69) is 36.6 Å². The third-order valence-corrected chi connectivity index (χ3v) is 2.82. The Morgan fingerprint density at radius 1 is 1.06 bits per heavy atom. The summed E-state index contributed by atoms with van der Waals surface area (Å²) >= 11 is 5.51. The van der Waals surface area contributed by atoms with E-state index in [1.54, 1.807) is 0 Å². The van der Waals surface area contributed by atoms with Crippen molar-refractivity contribution in [2.75, 3.05) is 0 Å². The van der Waals surface area contributed by atoms with Gasteiger partial charge >= 0.3 is 12.8 Å². The molecule has 0 aliphatic rings. The van der Waals surface area contributed by atoms with E-state index in [1.807, 2.05) is 0 Å². The minimum Gasteiger partial charge on any atom is -0.434 e. The lowest BCUT2D eigenvalue weighted by atomic mass is 10.2. The van der Waals surface area contributed by atoms with Gasteiger partial charge in [-0.05, 0) is 28.1 Å². The van der Waals surface area contributed by atoms with Crippen molar-refractivity contribution in [3.8, 4) is 5.75 Å². The summed E-state index contributed by atoms with van der Waals surface area (Å²) in [4.78, 5) is 0. The van der Waals surface area contributed by atoms with Crippen LogP contribution < -0.4 is 4.74 Å². The first kappa shape index (κ1) is 13.7. The summed E-state index contributed by atoms with van der Waals surface area (Å²) < 4.78 is 64.7. The van der Waals surface area contributed by atoms with Crippen LogP contribution in [-0.2, 0) is 6.18 Å². The van der Waals surface area contributed by atoms with Crippen LogP contribution in [0.4, 0.5) is 22.0 Å². The number of ether oxygens (including phenoxy) is 1. The fraction of sp³-hybridized carbons (Fsp3) is 0.250. The van der Waals surface area contributed by atoms with Crippen LogP contribution in [0.3, 0.4) is 0 Å². The van der Waals surface area contributed by atoms with Gasteiger partial charge in [0.05, 0.1) is 10.0 Å². The van der Waals surface area contributed by atoms with Crippen LogP contribution in [0, 0.1) is 0 Å². The average Bonchev–Trinajstić information content (AvgIpc) is 2.06. The molecule has 1 rings (SSSR count). The second-order valence-corrected chi connectivity index (χ2v) is 4.35. The molecular weight excluding hydrogens is 367 g/mol. The molecule has 0 radical (unpaired) electrons. The van der Waals surface area contributed by atoms with Gasteiger partial charge in [0.25, 0.3) is 0 Å². The SMILES string of the molecule is FC(F)Oc1cc(C(F)(F)F)c(Br)cc1Br. The Bertz CT molecular complexity index is 391. The van der Waals surface area contributed by atoms with Crippen molar-refractivity contribution in [1.29, 1.82) is 0 Å². The summed E-state index contributed by atoms with van der Waals surface area (Å²) in [5, 5.41) is 0. The van der Waals surface area contributed by atoms with Crippen LogP contribution in [0.5, 0.6) is 5.75 Å². The molecule has 0 aliphatic carbocycles. The van der Waals surface area contributed by atoms with Gasteiger partial charge < -0.3 is 4.74 Å². The van der Waals surface area contributed by atoms with Gasteiger partial charge in [-0.15, -0.1) is 0 Å². The van der Waals surface area contributed by atoms with Gasteiger partial charge in [0.2, 0.25) is 0 Å². The molecule has 0 N–H and O–H groups in total. The van der Waals surface area contributed by atoms with E-state index in [4.69, 9.17) is 0 Å². The highest BCUT2D eigenvalue weighted by Gasteiger charge is 2.34. The summed E-state index contributed by atoms with van der Waals surface area (Å²) in [6.07, 6.45) is -4.64. The minimum atomic E-state index is -4.64. The lowest BCUT2D eigenvalue weighted by Gasteiger charge is -2.13. The molecule has 16 heavy (non-hydrogen) atoms. The van der Waals surface area contributed by atoms with Gasteiger partial charge in [-0.25, -0.2) is 0 Å². The maximum atomic E-state index is 12.4. The van der Waals surface area contributed by atoms with Crippen LogP contribution in [-0.4, -0.2) is 6.61 Å². The summed E-state index contributed by atoms with van der Waals surface area (Å²) in [6, 6.07) is 1.50. The quantitative estimate of drug-likeness (QED) is 0.678. The zero-order valence-electron chi connectivity index (χ0n) is 7.29. The van der Waals surface area contributed by atoms with Crippen molar-refractivity contribution in [2.24, 2.45) is 0 Å². The van der Waals surface area contributed by atoms with Crippen molar-refractivity contribution in [1.82, 2.24) is 0 Å². The van der Waals surface area contributed by atoms with E-state index in [0.29, 0.717) is 6.07 Å². The number of hydrogen-bond acceptors (Lipinski definition) is 1. The highest BCUT2D eigenvalue weighted by atomic mass is 79.9. The smallest absolute Gasteiger partial charge is 0.417 e. The third kappa shape index (κ3) is 3.31. The molecule has 0 amide bonds. The predicted molar refractivity (Wildman–Crippen MR) is 53.5 cm³/mol. The van der Waals surface area contributed by atoms with Crippen LogP contribution >= 0.6 is 31.9 Å². The van der Waals surface area contributed by atoms with E-state index in [0.717, 1.165) is 6.07 Å². The zero-order valence-corrected chi connectivity index (χ0v) is 10.5. The van der Waals surface area contributed by atoms with Crippen LogP contribution in [0.25, 0.3) is 0 Å². The molecule has 0 aromatic heterocycles. The van der Waals surface area contributed by atoms with Gasteiger partial charge in [0.1, 0.15) is 5.75 Å². The van der Waals surface area contributed by atoms with E-state index in [1.165, 1.54) is 0 Å². The molecule has 0 unspecified atom stereocenters. The van der Waals surface area contributed by atoms with Crippen molar-refractivity contribution < 1.29 is 26.7 Å². The van der Waals surface area contributed by atoms with E-state index < -0.39 is 24.1 Å². The molecule has 0 spiro atoms. The van der Waals surface area contributed by atoms with Gasteiger partial charge in [-0.3, -0.25) is 0 Å². The third-order valence-electron chi connectivity index (χ3n) is 1.54. The Morgan fingerprint density at radius 3 is 2.06 bits per heavy atom.